The Hall–Kier alpha value is -0.610. The molecule has 88 valence electrons. The summed E-state index contributed by atoms with van der Waals surface area (Å²) in [5.41, 5.74) is 0. The van der Waals surface area contributed by atoms with Crippen LogP contribution < -0.4 is 10.6 Å². The monoisotopic (exact) mass is 214 g/mol. The van der Waals surface area contributed by atoms with Crippen molar-refractivity contribution in [3.8, 4) is 0 Å². The van der Waals surface area contributed by atoms with Gasteiger partial charge in [0, 0.05) is 12.1 Å². The molecule has 3 N–H and O–H groups in total. The van der Waals surface area contributed by atoms with Gasteiger partial charge in [-0.15, -0.1) is 0 Å². The molecule has 0 radical (unpaired) electrons. The summed E-state index contributed by atoms with van der Waals surface area (Å²) in [6.45, 7) is 4.18. The van der Waals surface area contributed by atoms with Crippen LogP contribution in [0.1, 0.15) is 39.5 Å². The smallest absolute Gasteiger partial charge is 0.234 e. The standard InChI is InChI=1S/C11H22N2O2/c1-8(2)13-11(15)7-12-9-5-3-4-6-10(9)14/h8-10,12,14H,3-7H2,1-2H3,(H,13,15)/t9-,10-/m0/s1. The summed E-state index contributed by atoms with van der Waals surface area (Å²) in [5.74, 6) is 0.00257. The van der Waals surface area contributed by atoms with E-state index in [4.69, 9.17) is 0 Å². The van der Waals surface area contributed by atoms with Gasteiger partial charge in [-0.25, -0.2) is 0 Å². The molecule has 0 saturated heterocycles. The lowest BCUT2D eigenvalue weighted by molar-refractivity contribution is -0.121. The maximum Gasteiger partial charge on any atom is 0.234 e. The van der Waals surface area contributed by atoms with E-state index in [0.717, 1.165) is 25.7 Å². The van der Waals surface area contributed by atoms with E-state index >= 15 is 0 Å². The zero-order valence-corrected chi connectivity index (χ0v) is 9.62. The van der Waals surface area contributed by atoms with E-state index in [-0.39, 0.29) is 24.1 Å². The first-order chi connectivity index (χ1) is 7.09. The van der Waals surface area contributed by atoms with Crippen LogP contribution in [0.15, 0.2) is 0 Å². The number of carbonyl (C=O) groups is 1. The van der Waals surface area contributed by atoms with Gasteiger partial charge in [0.05, 0.1) is 12.6 Å². The third kappa shape index (κ3) is 4.62. The van der Waals surface area contributed by atoms with Crippen LogP contribution in [0.3, 0.4) is 0 Å². The maximum atomic E-state index is 11.3. The number of aliphatic hydroxyl groups excluding tert-OH is 1. The van der Waals surface area contributed by atoms with Crippen LogP contribution >= 0.6 is 0 Å². The molecule has 1 aliphatic carbocycles. The Morgan fingerprint density at radius 1 is 1.40 bits per heavy atom. The van der Waals surface area contributed by atoms with Crippen molar-refractivity contribution in [2.45, 2.75) is 57.7 Å². The van der Waals surface area contributed by atoms with Gasteiger partial charge in [0.1, 0.15) is 0 Å². The van der Waals surface area contributed by atoms with Crippen LogP contribution in [-0.2, 0) is 4.79 Å². The predicted octanol–water partition coefficient (Wildman–Crippen LogP) is 0.404. The van der Waals surface area contributed by atoms with Crippen LogP contribution in [0.2, 0.25) is 0 Å². The first-order valence-electron chi connectivity index (χ1n) is 5.80. The van der Waals surface area contributed by atoms with Crippen molar-refractivity contribution >= 4 is 5.91 Å². The number of nitrogens with one attached hydrogen (secondary N) is 2. The van der Waals surface area contributed by atoms with E-state index in [9.17, 15) is 9.90 Å². The summed E-state index contributed by atoms with van der Waals surface area (Å²) in [6.07, 6.45) is 3.77. The van der Waals surface area contributed by atoms with Gasteiger partial charge in [0.2, 0.25) is 5.91 Å². The molecule has 1 aliphatic rings. The fraction of sp³-hybridized carbons (Fsp3) is 0.909. The molecule has 0 spiro atoms. The molecule has 1 rings (SSSR count). The topological polar surface area (TPSA) is 61.4 Å². The highest BCUT2D eigenvalue weighted by molar-refractivity contribution is 5.78. The molecule has 15 heavy (non-hydrogen) atoms. The van der Waals surface area contributed by atoms with Gasteiger partial charge in [-0.2, -0.15) is 0 Å². The summed E-state index contributed by atoms with van der Waals surface area (Å²) in [7, 11) is 0. The van der Waals surface area contributed by atoms with Crippen LogP contribution in [0.25, 0.3) is 0 Å². The molecular formula is C11H22N2O2. The normalized spacial score (nSPS) is 26.7. The van der Waals surface area contributed by atoms with Gasteiger partial charge in [0.15, 0.2) is 0 Å². The van der Waals surface area contributed by atoms with Crippen molar-refractivity contribution < 1.29 is 9.90 Å². The van der Waals surface area contributed by atoms with Crippen LogP contribution in [-0.4, -0.2) is 35.7 Å². The fourth-order valence-corrected chi connectivity index (χ4v) is 1.95. The summed E-state index contributed by atoms with van der Waals surface area (Å²) < 4.78 is 0. The summed E-state index contributed by atoms with van der Waals surface area (Å²) in [6, 6.07) is 0.271. The van der Waals surface area contributed by atoms with Gasteiger partial charge in [-0.1, -0.05) is 12.8 Å². The Labute approximate surface area is 91.4 Å². The molecule has 1 fully saturated rings. The molecular weight excluding hydrogens is 192 g/mol. The van der Waals surface area contributed by atoms with E-state index < -0.39 is 0 Å². The molecule has 1 saturated carbocycles. The molecule has 0 aliphatic heterocycles. The second kappa shape index (κ2) is 6.08. The van der Waals surface area contributed by atoms with Gasteiger partial charge < -0.3 is 15.7 Å². The third-order valence-electron chi connectivity index (χ3n) is 2.70. The SMILES string of the molecule is CC(C)NC(=O)CN[C@H]1CCCC[C@@H]1O. The second-order valence-corrected chi connectivity index (χ2v) is 4.56. The Morgan fingerprint density at radius 3 is 2.67 bits per heavy atom. The van der Waals surface area contributed by atoms with E-state index in [1.165, 1.54) is 0 Å². The highest BCUT2D eigenvalue weighted by atomic mass is 16.3. The van der Waals surface area contributed by atoms with Crippen molar-refractivity contribution in [1.29, 1.82) is 0 Å². The van der Waals surface area contributed by atoms with Crippen molar-refractivity contribution in [3.05, 3.63) is 0 Å². The molecule has 0 aromatic heterocycles. The first kappa shape index (κ1) is 12.5. The minimum Gasteiger partial charge on any atom is -0.392 e. The van der Waals surface area contributed by atoms with Crippen molar-refractivity contribution in [3.63, 3.8) is 0 Å². The lowest BCUT2D eigenvalue weighted by Gasteiger charge is -2.28. The van der Waals surface area contributed by atoms with Crippen molar-refractivity contribution in [2.24, 2.45) is 0 Å². The van der Waals surface area contributed by atoms with E-state index in [2.05, 4.69) is 10.6 Å². The van der Waals surface area contributed by atoms with Crippen LogP contribution in [0.4, 0.5) is 0 Å². The quantitative estimate of drug-likeness (QED) is 0.635. The first-order valence-corrected chi connectivity index (χ1v) is 5.80. The molecule has 0 aromatic rings. The minimum absolute atomic E-state index is 0.00257. The molecule has 0 unspecified atom stereocenters. The fourth-order valence-electron chi connectivity index (χ4n) is 1.95. The third-order valence-corrected chi connectivity index (χ3v) is 2.70. The van der Waals surface area contributed by atoms with Gasteiger partial charge in [-0.05, 0) is 26.7 Å². The molecule has 1 amide bonds. The van der Waals surface area contributed by atoms with Crippen molar-refractivity contribution in [1.82, 2.24) is 10.6 Å². The predicted molar refractivity (Wildman–Crippen MR) is 59.5 cm³/mol. The van der Waals surface area contributed by atoms with Gasteiger partial charge in [-0.3, -0.25) is 4.79 Å². The largest absolute Gasteiger partial charge is 0.392 e. The lowest BCUT2D eigenvalue weighted by atomic mass is 9.92. The van der Waals surface area contributed by atoms with Gasteiger partial charge >= 0.3 is 0 Å². The summed E-state index contributed by atoms with van der Waals surface area (Å²) in [4.78, 5) is 11.3. The average molecular weight is 214 g/mol. The molecule has 0 aromatic carbocycles. The van der Waals surface area contributed by atoms with E-state index in [1.807, 2.05) is 13.8 Å². The highest BCUT2D eigenvalue weighted by Crippen LogP contribution is 2.17. The Balaban J connectivity index is 2.20. The average Bonchev–Trinajstić information content (AvgIpc) is 2.15. The number of hydrogen-bond donors (Lipinski definition) is 3. The zero-order chi connectivity index (χ0) is 11.3. The highest BCUT2D eigenvalue weighted by Gasteiger charge is 2.22. The van der Waals surface area contributed by atoms with Gasteiger partial charge in [0.25, 0.3) is 0 Å². The Kier molecular flexibility index (Phi) is 5.05. The number of rotatable bonds is 4. The number of aliphatic hydroxyl groups is 1. The number of hydrogen-bond acceptors (Lipinski definition) is 3. The van der Waals surface area contributed by atoms with Crippen LogP contribution in [0.5, 0.6) is 0 Å². The Morgan fingerprint density at radius 2 is 2.07 bits per heavy atom. The van der Waals surface area contributed by atoms with E-state index in [0.29, 0.717) is 6.54 Å². The number of amides is 1. The molecule has 2 atom stereocenters. The summed E-state index contributed by atoms with van der Waals surface area (Å²) >= 11 is 0. The molecule has 4 heteroatoms. The maximum absolute atomic E-state index is 11.3. The number of carbonyl (C=O) groups excluding carboxylic acids is 1. The lowest BCUT2D eigenvalue weighted by Crippen LogP contribution is -2.47. The molecule has 0 heterocycles. The van der Waals surface area contributed by atoms with Crippen LogP contribution in [0, 0.1) is 0 Å². The molecule has 4 nitrogen and oxygen atoms in total. The van der Waals surface area contributed by atoms with Crippen molar-refractivity contribution in [2.75, 3.05) is 6.54 Å². The zero-order valence-electron chi connectivity index (χ0n) is 9.62. The summed E-state index contributed by atoms with van der Waals surface area (Å²) in [5, 5.41) is 15.6. The Bertz CT molecular complexity index is 207. The second-order valence-electron chi connectivity index (χ2n) is 4.56. The molecule has 0 bridgehead atoms. The van der Waals surface area contributed by atoms with E-state index in [1.54, 1.807) is 0 Å². The minimum atomic E-state index is -0.286.